The van der Waals surface area contributed by atoms with Gasteiger partial charge in [0, 0.05) is 11.5 Å². The first-order chi connectivity index (χ1) is 12.0. The van der Waals surface area contributed by atoms with E-state index in [9.17, 15) is 4.79 Å². The summed E-state index contributed by atoms with van der Waals surface area (Å²) < 4.78 is 15.9. The van der Waals surface area contributed by atoms with E-state index in [4.69, 9.17) is 14.0 Å². The van der Waals surface area contributed by atoms with Gasteiger partial charge >= 0.3 is 0 Å². The molecule has 1 heterocycles. The summed E-state index contributed by atoms with van der Waals surface area (Å²) >= 11 is 0. The van der Waals surface area contributed by atoms with Gasteiger partial charge in [0.05, 0.1) is 26.3 Å². The lowest BCUT2D eigenvalue weighted by molar-refractivity contribution is -0.115. The molecule has 0 unspecified atom stereocenters. The topological polar surface area (TPSA) is 73.6 Å². The molecular weight excluding hydrogens is 320 g/mol. The summed E-state index contributed by atoms with van der Waals surface area (Å²) in [7, 11) is 3.12. The highest BCUT2D eigenvalue weighted by molar-refractivity contribution is 5.96. The number of carbonyl (C=O) groups is 1. The second kappa shape index (κ2) is 6.84. The standard InChI is InChI=1S/C19H20N2O4/c1-11-7-12(2)19-14(8-11)15(21-25-19)10-18(22)20-16-9-13(23-3)5-6-17(16)24-4/h5-9H,10H2,1-4H3,(H,20,22). The maximum atomic E-state index is 12.5. The third kappa shape index (κ3) is 3.42. The van der Waals surface area contributed by atoms with Crippen LogP contribution in [-0.2, 0) is 11.2 Å². The highest BCUT2D eigenvalue weighted by atomic mass is 16.5. The van der Waals surface area contributed by atoms with Crippen LogP contribution in [0.1, 0.15) is 16.8 Å². The maximum Gasteiger partial charge on any atom is 0.230 e. The maximum absolute atomic E-state index is 12.5. The highest BCUT2D eigenvalue weighted by Gasteiger charge is 2.16. The normalized spacial score (nSPS) is 10.7. The van der Waals surface area contributed by atoms with E-state index < -0.39 is 0 Å². The van der Waals surface area contributed by atoms with Crippen LogP contribution >= 0.6 is 0 Å². The summed E-state index contributed by atoms with van der Waals surface area (Å²) in [5.74, 6) is 0.987. The smallest absolute Gasteiger partial charge is 0.230 e. The molecule has 0 aliphatic rings. The van der Waals surface area contributed by atoms with Crippen LogP contribution in [0.3, 0.4) is 0 Å². The number of rotatable bonds is 5. The van der Waals surface area contributed by atoms with E-state index in [-0.39, 0.29) is 12.3 Å². The van der Waals surface area contributed by atoms with Crippen molar-refractivity contribution in [2.24, 2.45) is 0 Å². The molecule has 1 N–H and O–H groups in total. The third-order valence-electron chi connectivity index (χ3n) is 3.99. The molecule has 25 heavy (non-hydrogen) atoms. The van der Waals surface area contributed by atoms with Crippen LogP contribution in [0.4, 0.5) is 5.69 Å². The molecule has 1 aromatic heterocycles. The van der Waals surface area contributed by atoms with Crippen LogP contribution in [0.25, 0.3) is 11.0 Å². The number of hydrogen-bond acceptors (Lipinski definition) is 5. The number of anilines is 1. The molecule has 0 atom stereocenters. The van der Waals surface area contributed by atoms with E-state index in [1.807, 2.05) is 26.0 Å². The van der Waals surface area contributed by atoms with Crippen molar-refractivity contribution in [3.05, 3.63) is 47.2 Å². The first kappa shape index (κ1) is 16.8. The number of hydrogen-bond donors (Lipinski definition) is 1. The molecule has 3 rings (SSSR count). The number of nitrogens with zero attached hydrogens (tertiary/aromatic N) is 1. The molecule has 0 saturated heterocycles. The Hall–Kier alpha value is -3.02. The van der Waals surface area contributed by atoms with Crippen LogP contribution in [-0.4, -0.2) is 25.3 Å². The summed E-state index contributed by atoms with van der Waals surface area (Å²) in [6.07, 6.45) is 0.107. The van der Waals surface area contributed by atoms with Crippen molar-refractivity contribution in [2.75, 3.05) is 19.5 Å². The number of nitrogens with one attached hydrogen (secondary N) is 1. The Balaban J connectivity index is 1.84. The van der Waals surface area contributed by atoms with Crippen molar-refractivity contribution in [3.8, 4) is 11.5 Å². The van der Waals surface area contributed by atoms with Crippen molar-refractivity contribution in [2.45, 2.75) is 20.3 Å². The summed E-state index contributed by atoms with van der Waals surface area (Å²) in [6, 6.07) is 9.23. The van der Waals surface area contributed by atoms with E-state index in [2.05, 4.69) is 10.5 Å². The molecule has 1 amide bonds. The fourth-order valence-electron chi connectivity index (χ4n) is 2.83. The minimum atomic E-state index is -0.207. The average Bonchev–Trinajstić information content (AvgIpc) is 2.97. The van der Waals surface area contributed by atoms with Gasteiger partial charge in [-0.1, -0.05) is 11.2 Å². The molecule has 0 fully saturated rings. The Bertz CT molecular complexity index is 931. The number of amides is 1. The summed E-state index contributed by atoms with van der Waals surface area (Å²) in [5.41, 5.74) is 3.98. The number of methoxy groups -OCH3 is 2. The predicted molar refractivity (Wildman–Crippen MR) is 95.4 cm³/mol. The van der Waals surface area contributed by atoms with E-state index in [1.54, 1.807) is 32.4 Å². The number of aryl methyl sites for hydroxylation is 2. The van der Waals surface area contributed by atoms with Gasteiger partial charge in [0.1, 0.15) is 17.2 Å². The van der Waals surface area contributed by atoms with Crippen molar-refractivity contribution < 1.29 is 18.8 Å². The molecule has 6 heteroatoms. The number of fused-ring (bicyclic) bond motifs is 1. The lowest BCUT2D eigenvalue weighted by atomic mass is 10.1. The Labute approximate surface area is 145 Å². The predicted octanol–water partition coefficient (Wildman–Crippen LogP) is 3.64. The van der Waals surface area contributed by atoms with Crippen LogP contribution in [0.2, 0.25) is 0 Å². The molecule has 3 aromatic rings. The van der Waals surface area contributed by atoms with Gasteiger partial charge < -0.3 is 19.3 Å². The van der Waals surface area contributed by atoms with Crippen LogP contribution in [0, 0.1) is 13.8 Å². The van der Waals surface area contributed by atoms with Crippen LogP contribution < -0.4 is 14.8 Å². The number of benzene rings is 2. The Morgan fingerprint density at radius 2 is 1.96 bits per heavy atom. The lowest BCUT2D eigenvalue weighted by Gasteiger charge is -2.11. The minimum Gasteiger partial charge on any atom is -0.497 e. The van der Waals surface area contributed by atoms with Crippen LogP contribution in [0.15, 0.2) is 34.9 Å². The largest absolute Gasteiger partial charge is 0.497 e. The van der Waals surface area contributed by atoms with Crippen molar-refractivity contribution >= 4 is 22.6 Å². The highest BCUT2D eigenvalue weighted by Crippen LogP contribution is 2.29. The van der Waals surface area contributed by atoms with Crippen LogP contribution in [0.5, 0.6) is 11.5 Å². The van der Waals surface area contributed by atoms with Gasteiger partial charge in [-0.05, 0) is 43.2 Å². The Kier molecular flexibility index (Phi) is 4.61. The Morgan fingerprint density at radius 3 is 2.68 bits per heavy atom. The fraction of sp³-hybridized carbons (Fsp3) is 0.263. The molecule has 0 saturated carbocycles. The number of aromatic nitrogens is 1. The van der Waals surface area contributed by atoms with Gasteiger partial charge in [-0.15, -0.1) is 0 Å². The van der Waals surface area contributed by atoms with E-state index >= 15 is 0 Å². The zero-order valence-corrected chi connectivity index (χ0v) is 14.7. The van der Waals surface area contributed by atoms with Crippen molar-refractivity contribution in [1.82, 2.24) is 5.16 Å². The molecule has 0 aliphatic heterocycles. The lowest BCUT2D eigenvalue weighted by Crippen LogP contribution is -2.15. The Morgan fingerprint density at radius 1 is 1.16 bits per heavy atom. The van der Waals surface area contributed by atoms with Gasteiger partial charge in [0.2, 0.25) is 5.91 Å². The monoisotopic (exact) mass is 340 g/mol. The molecule has 0 spiro atoms. The zero-order valence-electron chi connectivity index (χ0n) is 14.7. The summed E-state index contributed by atoms with van der Waals surface area (Å²) in [5, 5.41) is 7.77. The second-order valence-electron chi connectivity index (χ2n) is 5.88. The quantitative estimate of drug-likeness (QED) is 0.767. The van der Waals surface area contributed by atoms with Gasteiger partial charge in [-0.25, -0.2) is 0 Å². The SMILES string of the molecule is COc1ccc(OC)c(NC(=O)Cc2noc3c(C)cc(C)cc23)c1. The molecule has 130 valence electrons. The van der Waals surface area contributed by atoms with E-state index in [0.717, 1.165) is 16.5 Å². The molecule has 0 radical (unpaired) electrons. The van der Waals surface area contributed by atoms with E-state index in [1.165, 1.54) is 0 Å². The third-order valence-corrected chi connectivity index (χ3v) is 3.99. The molecule has 2 aromatic carbocycles. The average molecular weight is 340 g/mol. The number of carbonyl (C=O) groups excluding carboxylic acids is 1. The first-order valence-corrected chi connectivity index (χ1v) is 7.89. The summed E-state index contributed by atoms with van der Waals surface area (Å²) in [4.78, 5) is 12.5. The molecule has 0 aliphatic carbocycles. The minimum absolute atomic E-state index is 0.107. The fourth-order valence-corrected chi connectivity index (χ4v) is 2.83. The zero-order chi connectivity index (χ0) is 18.0. The summed E-state index contributed by atoms with van der Waals surface area (Å²) in [6.45, 7) is 3.97. The molecular formula is C19H20N2O4. The van der Waals surface area contributed by atoms with E-state index in [0.29, 0.717) is 28.5 Å². The van der Waals surface area contributed by atoms with Crippen molar-refractivity contribution in [1.29, 1.82) is 0 Å². The van der Waals surface area contributed by atoms with Gasteiger partial charge in [-0.2, -0.15) is 0 Å². The van der Waals surface area contributed by atoms with Gasteiger partial charge in [0.15, 0.2) is 5.58 Å². The first-order valence-electron chi connectivity index (χ1n) is 7.89. The van der Waals surface area contributed by atoms with Gasteiger partial charge in [-0.3, -0.25) is 4.79 Å². The van der Waals surface area contributed by atoms with Crippen molar-refractivity contribution in [3.63, 3.8) is 0 Å². The number of ether oxygens (including phenoxy) is 2. The van der Waals surface area contributed by atoms with Gasteiger partial charge in [0.25, 0.3) is 0 Å². The second-order valence-corrected chi connectivity index (χ2v) is 5.88. The molecule has 0 bridgehead atoms. The molecule has 6 nitrogen and oxygen atoms in total.